The highest BCUT2D eigenvalue weighted by Gasteiger charge is 2.36. The predicted molar refractivity (Wildman–Crippen MR) is 99.3 cm³/mol. The van der Waals surface area contributed by atoms with Gasteiger partial charge in [-0.15, -0.1) is 0 Å². The van der Waals surface area contributed by atoms with Crippen molar-refractivity contribution in [2.45, 2.75) is 25.1 Å². The van der Waals surface area contributed by atoms with Crippen molar-refractivity contribution in [1.82, 2.24) is 10.2 Å². The summed E-state index contributed by atoms with van der Waals surface area (Å²) in [5.74, 6) is -0.890. The van der Waals surface area contributed by atoms with E-state index in [9.17, 15) is 22.8 Å². The van der Waals surface area contributed by atoms with Gasteiger partial charge in [-0.3, -0.25) is 9.59 Å². The molecule has 0 atom stereocenters. The number of hydrogen-bond donors (Lipinski definition) is 1. The number of halogens is 4. The summed E-state index contributed by atoms with van der Waals surface area (Å²) in [7, 11) is 0. The van der Waals surface area contributed by atoms with Gasteiger partial charge in [-0.25, -0.2) is 0 Å². The number of carbonyl (C=O) groups is 2. The number of amides is 2. The fourth-order valence-electron chi connectivity index (χ4n) is 3.18. The van der Waals surface area contributed by atoms with Crippen molar-refractivity contribution in [3.8, 4) is 0 Å². The first-order valence-electron chi connectivity index (χ1n) is 8.77. The lowest BCUT2D eigenvalue weighted by atomic mass is 10.0. The third-order valence-electron chi connectivity index (χ3n) is 4.69. The van der Waals surface area contributed by atoms with Crippen LogP contribution in [0.3, 0.4) is 0 Å². The smallest absolute Gasteiger partial charge is 0.349 e. The number of likely N-dealkylation sites (tertiary alicyclic amines) is 1. The van der Waals surface area contributed by atoms with Crippen LogP contribution < -0.4 is 5.32 Å². The number of rotatable bonds is 3. The second-order valence-corrected chi connectivity index (χ2v) is 7.03. The van der Waals surface area contributed by atoms with E-state index in [1.165, 1.54) is 23.1 Å². The van der Waals surface area contributed by atoms with Gasteiger partial charge in [-0.05, 0) is 49.2 Å². The molecular formula is C20H18ClF3N2O2. The summed E-state index contributed by atoms with van der Waals surface area (Å²) in [6, 6.07) is 11.1. The van der Waals surface area contributed by atoms with Crippen LogP contribution in [0.4, 0.5) is 13.2 Å². The van der Waals surface area contributed by atoms with E-state index in [-0.39, 0.29) is 30.6 Å². The molecule has 0 unspecified atom stereocenters. The van der Waals surface area contributed by atoms with Crippen LogP contribution in [0.1, 0.15) is 39.1 Å². The molecule has 1 fully saturated rings. The molecule has 1 N–H and O–H groups in total. The Hall–Kier alpha value is -2.54. The fraction of sp³-hybridized carbons (Fsp3) is 0.300. The minimum atomic E-state index is -4.59. The van der Waals surface area contributed by atoms with Crippen molar-refractivity contribution in [3.63, 3.8) is 0 Å². The Morgan fingerprint density at radius 1 is 1.00 bits per heavy atom. The Kier molecular flexibility index (Phi) is 5.93. The maximum atomic E-state index is 13.1. The van der Waals surface area contributed by atoms with Crippen LogP contribution >= 0.6 is 11.6 Å². The second kappa shape index (κ2) is 8.22. The largest absolute Gasteiger partial charge is 0.417 e. The van der Waals surface area contributed by atoms with Gasteiger partial charge in [0.15, 0.2) is 0 Å². The molecule has 0 saturated carbocycles. The van der Waals surface area contributed by atoms with E-state index >= 15 is 0 Å². The Labute approximate surface area is 165 Å². The zero-order chi connectivity index (χ0) is 20.3. The molecule has 2 aromatic rings. The highest BCUT2D eigenvalue weighted by Crippen LogP contribution is 2.32. The highest BCUT2D eigenvalue weighted by molar-refractivity contribution is 6.30. The molecule has 0 aromatic heterocycles. The fourth-order valence-corrected chi connectivity index (χ4v) is 3.31. The SMILES string of the molecule is O=C(NC1CCN(C(=O)c2ccccc2C(F)(F)F)CC1)c1ccc(Cl)cc1. The van der Waals surface area contributed by atoms with Crippen LogP contribution in [-0.4, -0.2) is 35.8 Å². The molecule has 0 radical (unpaired) electrons. The van der Waals surface area contributed by atoms with E-state index < -0.39 is 17.6 Å². The normalized spacial score (nSPS) is 15.4. The topological polar surface area (TPSA) is 49.4 Å². The van der Waals surface area contributed by atoms with Crippen molar-refractivity contribution in [1.29, 1.82) is 0 Å². The summed E-state index contributed by atoms with van der Waals surface area (Å²) in [6.45, 7) is 0.549. The lowest BCUT2D eigenvalue weighted by Crippen LogP contribution is -2.46. The minimum absolute atomic E-state index is 0.148. The van der Waals surface area contributed by atoms with Crippen LogP contribution in [0, 0.1) is 0 Å². The molecule has 3 rings (SSSR count). The van der Waals surface area contributed by atoms with Gasteiger partial charge in [-0.2, -0.15) is 13.2 Å². The first-order valence-corrected chi connectivity index (χ1v) is 9.15. The number of nitrogens with zero attached hydrogens (tertiary/aromatic N) is 1. The van der Waals surface area contributed by atoms with Gasteiger partial charge < -0.3 is 10.2 Å². The molecule has 1 aliphatic heterocycles. The summed E-state index contributed by atoms with van der Waals surface area (Å²) in [5, 5.41) is 3.42. The Bertz CT molecular complexity index is 860. The Morgan fingerprint density at radius 2 is 1.61 bits per heavy atom. The molecule has 1 saturated heterocycles. The Balaban J connectivity index is 1.60. The van der Waals surface area contributed by atoms with Gasteiger partial charge in [0, 0.05) is 29.7 Å². The molecule has 0 aliphatic carbocycles. The van der Waals surface area contributed by atoms with Crippen LogP contribution in [0.25, 0.3) is 0 Å². The average Bonchev–Trinajstić information content (AvgIpc) is 2.68. The zero-order valence-electron chi connectivity index (χ0n) is 14.8. The quantitative estimate of drug-likeness (QED) is 0.815. The molecule has 0 bridgehead atoms. The minimum Gasteiger partial charge on any atom is -0.349 e. The third-order valence-corrected chi connectivity index (χ3v) is 4.94. The number of nitrogens with one attached hydrogen (secondary N) is 1. The number of benzene rings is 2. The molecule has 2 amide bonds. The maximum Gasteiger partial charge on any atom is 0.417 e. The number of alkyl halides is 3. The van der Waals surface area contributed by atoms with Crippen molar-refractivity contribution in [2.24, 2.45) is 0 Å². The number of hydrogen-bond acceptors (Lipinski definition) is 2. The van der Waals surface area contributed by atoms with Gasteiger partial charge in [-0.1, -0.05) is 23.7 Å². The summed E-state index contributed by atoms with van der Waals surface area (Å²) >= 11 is 5.80. The standard InChI is InChI=1S/C20H18ClF3N2O2/c21-14-7-5-13(6-8-14)18(27)25-15-9-11-26(12-10-15)19(28)16-3-1-2-4-17(16)20(22,23)24/h1-8,15H,9-12H2,(H,25,27). The molecule has 28 heavy (non-hydrogen) atoms. The third kappa shape index (κ3) is 4.65. The van der Waals surface area contributed by atoms with Crippen LogP contribution in [0.2, 0.25) is 5.02 Å². The van der Waals surface area contributed by atoms with Gasteiger partial charge in [0.25, 0.3) is 11.8 Å². The molecule has 148 valence electrons. The number of carbonyl (C=O) groups excluding carboxylic acids is 2. The van der Waals surface area contributed by atoms with Crippen LogP contribution in [0.5, 0.6) is 0 Å². The summed E-state index contributed by atoms with van der Waals surface area (Å²) < 4.78 is 39.4. The van der Waals surface area contributed by atoms with Crippen molar-refractivity contribution in [3.05, 3.63) is 70.2 Å². The van der Waals surface area contributed by atoms with E-state index in [2.05, 4.69) is 5.32 Å². The molecule has 2 aromatic carbocycles. The zero-order valence-corrected chi connectivity index (χ0v) is 15.6. The first-order chi connectivity index (χ1) is 13.3. The van der Waals surface area contributed by atoms with Crippen LogP contribution in [0.15, 0.2) is 48.5 Å². The molecule has 1 aliphatic rings. The molecule has 4 nitrogen and oxygen atoms in total. The van der Waals surface area contributed by atoms with Gasteiger partial charge in [0.2, 0.25) is 0 Å². The van der Waals surface area contributed by atoms with E-state index in [0.29, 0.717) is 23.4 Å². The lowest BCUT2D eigenvalue weighted by molar-refractivity contribution is -0.138. The highest BCUT2D eigenvalue weighted by atomic mass is 35.5. The van der Waals surface area contributed by atoms with Crippen molar-refractivity contribution >= 4 is 23.4 Å². The molecule has 8 heteroatoms. The van der Waals surface area contributed by atoms with E-state index in [1.54, 1.807) is 24.3 Å². The summed E-state index contributed by atoms with van der Waals surface area (Å²) in [4.78, 5) is 26.2. The second-order valence-electron chi connectivity index (χ2n) is 6.59. The first kappa shape index (κ1) is 20.2. The molecule has 1 heterocycles. The lowest BCUT2D eigenvalue weighted by Gasteiger charge is -2.33. The van der Waals surface area contributed by atoms with E-state index in [1.807, 2.05) is 0 Å². The predicted octanol–water partition coefficient (Wildman–Crippen LogP) is 4.39. The van der Waals surface area contributed by atoms with Crippen molar-refractivity contribution < 1.29 is 22.8 Å². The van der Waals surface area contributed by atoms with Gasteiger partial charge >= 0.3 is 6.18 Å². The molecule has 0 spiro atoms. The average molecular weight is 411 g/mol. The van der Waals surface area contributed by atoms with Crippen molar-refractivity contribution in [2.75, 3.05) is 13.1 Å². The maximum absolute atomic E-state index is 13.1. The molecular weight excluding hydrogens is 393 g/mol. The van der Waals surface area contributed by atoms with Gasteiger partial charge in [0.1, 0.15) is 0 Å². The number of piperidine rings is 1. The van der Waals surface area contributed by atoms with E-state index in [0.717, 1.165) is 6.07 Å². The summed E-state index contributed by atoms with van der Waals surface area (Å²) in [6.07, 6.45) is -3.64. The van der Waals surface area contributed by atoms with E-state index in [4.69, 9.17) is 11.6 Å². The monoisotopic (exact) mass is 410 g/mol. The summed E-state index contributed by atoms with van der Waals surface area (Å²) in [5.41, 5.74) is -0.807. The van der Waals surface area contributed by atoms with Gasteiger partial charge in [0.05, 0.1) is 11.1 Å². The Morgan fingerprint density at radius 3 is 2.21 bits per heavy atom. The van der Waals surface area contributed by atoms with Crippen LogP contribution in [-0.2, 0) is 6.18 Å².